The van der Waals surface area contributed by atoms with Crippen molar-refractivity contribution in [2.24, 2.45) is 11.3 Å². The van der Waals surface area contributed by atoms with Crippen LogP contribution in [0, 0.1) is 11.3 Å². The number of urea groups is 1. The zero-order valence-electron chi connectivity index (χ0n) is 12.5. The van der Waals surface area contributed by atoms with Crippen LogP contribution < -0.4 is 10.6 Å². The Morgan fingerprint density at radius 1 is 1.35 bits per heavy atom. The normalized spacial score (nSPS) is 22.5. The smallest absolute Gasteiger partial charge is 0.314 e. The highest BCUT2D eigenvalue weighted by Gasteiger charge is 2.28. The van der Waals surface area contributed by atoms with Crippen LogP contribution >= 0.6 is 0 Å². The third-order valence-corrected chi connectivity index (χ3v) is 4.35. The predicted molar refractivity (Wildman–Crippen MR) is 77.5 cm³/mol. The van der Waals surface area contributed by atoms with E-state index in [-0.39, 0.29) is 18.0 Å². The van der Waals surface area contributed by atoms with E-state index in [1.165, 1.54) is 38.5 Å². The lowest BCUT2D eigenvalue weighted by Crippen LogP contribution is -2.44. The second-order valence-corrected chi connectivity index (χ2v) is 6.72. The molecule has 3 N–H and O–H groups in total. The van der Waals surface area contributed by atoms with Gasteiger partial charge in [0.05, 0.1) is 12.7 Å². The molecule has 2 rings (SSSR count). The summed E-state index contributed by atoms with van der Waals surface area (Å²) in [5.41, 5.74) is 0.253. The van der Waals surface area contributed by atoms with Crippen LogP contribution in [0.4, 0.5) is 4.79 Å². The van der Waals surface area contributed by atoms with Crippen molar-refractivity contribution in [1.82, 2.24) is 10.6 Å². The molecule has 2 saturated carbocycles. The molecule has 0 bridgehead atoms. The monoisotopic (exact) mass is 284 g/mol. The number of carbonyl (C=O) groups is 1. The largest absolute Gasteiger partial charge is 0.389 e. The van der Waals surface area contributed by atoms with E-state index in [0.717, 1.165) is 6.61 Å². The molecule has 1 atom stereocenters. The van der Waals surface area contributed by atoms with Crippen LogP contribution in [0.5, 0.6) is 0 Å². The average molecular weight is 284 g/mol. The lowest BCUT2D eigenvalue weighted by molar-refractivity contribution is 0.0337. The maximum Gasteiger partial charge on any atom is 0.314 e. The van der Waals surface area contributed by atoms with Crippen molar-refractivity contribution in [3.05, 3.63) is 0 Å². The van der Waals surface area contributed by atoms with Crippen molar-refractivity contribution in [3.8, 4) is 0 Å². The van der Waals surface area contributed by atoms with E-state index in [2.05, 4.69) is 17.6 Å². The van der Waals surface area contributed by atoms with E-state index < -0.39 is 6.10 Å². The van der Waals surface area contributed by atoms with Gasteiger partial charge in [0.25, 0.3) is 0 Å². The van der Waals surface area contributed by atoms with E-state index >= 15 is 0 Å². The maximum atomic E-state index is 11.7. The van der Waals surface area contributed by atoms with Gasteiger partial charge in [0.2, 0.25) is 0 Å². The number of hydrogen-bond donors (Lipinski definition) is 3. The molecule has 0 spiro atoms. The number of rotatable bonds is 8. The van der Waals surface area contributed by atoms with Crippen molar-refractivity contribution < 1.29 is 14.6 Å². The second kappa shape index (κ2) is 7.27. The minimum absolute atomic E-state index is 0.195. The van der Waals surface area contributed by atoms with Gasteiger partial charge in [-0.25, -0.2) is 4.79 Å². The minimum atomic E-state index is -0.624. The van der Waals surface area contributed by atoms with Crippen LogP contribution in [0.2, 0.25) is 0 Å². The molecule has 116 valence electrons. The summed E-state index contributed by atoms with van der Waals surface area (Å²) in [5.74, 6) is 0.700. The molecule has 0 aliphatic heterocycles. The minimum Gasteiger partial charge on any atom is -0.389 e. The van der Waals surface area contributed by atoms with E-state index in [4.69, 9.17) is 4.74 Å². The molecular weight excluding hydrogens is 256 g/mol. The van der Waals surface area contributed by atoms with Gasteiger partial charge in [-0.15, -0.1) is 0 Å². The first kappa shape index (κ1) is 15.6. The molecule has 0 radical (unpaired) electrons. The Labute approximate surface area is 121 Å². The number of nitrogens with one attached hydrogen (secondary N) is 2. The van der Waals surface area contributed by atoms with Crippen molar-refractivity contribution in [1.29, 1.82) is 0 Å². The van der Waals surface area contributed by atoms with Gasteiger partial charge in [0.1, 0.15) is 0 Å². The second-order valence-electron chi connectivity index (χ2n) is 6.72. The molecule has 0 heterocycles. The molecular formula is C15H28N2O3. The first-order valence-electron chi connectivity index (χ1n) is 7.85. The van der Waals surface area contributed by atoms with Gasteiger partial charge in [-0.1, -0.05) is 19.8 Å². The number of amides is 2. The molecule has 0 aromatic rings. The maximum absolute atomic E-state index is 11.7. The molecule has 2 amide bonds. The summed E-state index contributed by atoms with van der Waals surface area (Å²) in [6.07, 6.45) is 6.76. The van der Waals surface area contributed by atoms with Gasteiger partial charge in [-0.2, -0.15) is 0 Å². The van der Waals surface area contributed by atoms with Gasteiger partial charge in [0.15, 0.2) is 0 Å². The highest BCUT2D eigenvalue weighted by atomic mass is 16.5. The molecule has 5 heteroatoms. The van der Waals surface area contributed by atoms with Crippen molar-refractivity contribution in [2.45, 2.75) is 51.6 Å². The molecule has 5 nitrogen and oxygen atoms in total. The Morgan fingerprint density at radius 3 is 2.70 bits per heavy atom. The molecule has 0 aromatic heterocycles. The fraction of sp³-hybridized carbons (Fsp3) is 0.933. The van der Waals surface area contributed by atoms with Gasteiger partial charge in [-0.3, -0.25) is 0 Å². The SMILES string of the molecule is CC1(CNC(=O)NCC(O)COCC2CC2)CCCC1. The Kier molecular flexibility index (Phi) is 5.66. The molecule has 0 aromatic carbocycles. The van der Waals surface area contributed by atoms with Crippen molar-refractivity contribution in [2.75, 3.05) is 26.3 Å². The summed E-state index contributed by atoms with van der Waals surface area (Å²) in [7, 11) is 0. The number of carbonyl (C=O) groups excluding carboxylic acids is 1. The predicted octanol–water partition coefficient (Wildman–Crippen LogP) is 1.65. The standard InChI is InChI=1S/C15H28N2O3/c1-15(6-2-3-7-15)11-17-14(19)16-8-13(18)10-20-9-12-4-5-12/h12-13,18H,2-11H2,1H3,(H2,16,17,19). The first-order valence-corrected chi connectivity index (χ1v) is 7.85. The summed E-state index contributed by atoms with van der Waals surface area (Å²) in [5, 5.41) is 15.3. The third-order valence-electron chi connectivity index (χ3n) is 4.35. The van der Waals surface area contributed by atoms with Crippen LogP contribution in [0.1, 0.15) is 45.4 Å². The molecule has 0 saturated heterocycles. The summed E-state index contributed by atoms with van der Waals surface area (Å²) < 4.78 is 5.39. The van der Waals surface area contributed by atoms with Gasteiger partial charge >= 0.3 is 6.03 Å². The molecule has 2 fully saturated rings. The summed E-state index contributed by atoms with van der Waals surface area (Å²) in [4.78, 5) is 11.7. The molecule has 2 aliphatic rings. The average Bonchev–Trinajstić information content (AvgIpc) is 3.15. The van der Waals surface area contributed by atoms with Crippen LogP contribution in [0.25, 0.3) is 0 Å². The lowest BCUT2D eigenvalue weighted by Gasteiger charge is -2.24. The summed E-state index contributed by atoms with van der Waals surface area (Å²) in [6.45, 7) is 4.22. The van der Waals surface area contributed by atoms with Crippen LogP contribution in [0.15, 0.2) is 0 Å². The molecule has 2 aliphatic carbocycles. The summed E-state index contributed by atoms with van der Waals surface area (Å²) >= 11 is 0. The van der Waals surface area contributed by atoms with Crippen LogP contribution in [-0.2, 0) is 4.74 Å². The lowest BCUT2D eigenvalue weighted by atomic mass is 9.89. The fourth-order valence-corrected chi connectivity index (χ4v) is 2.69. The molecule has 20 heavy (non-hydrogen) atoms. The number of hydrogen-bond acceptors (Lipinski definition) is 3. The first-order chi connectivity index (χ1) is 9.57. The van der Waals surface area contributed by atoms with Crippen molar-refractivity contribution in [3.63, 3.8) is 0 Å². The zero-order chi connectivity index (χ0) is 14.4. The Morgan fingerprint density at radius 2 is 2.05 bits per heavy atom. The van der Waals surface area contributed by atoms with E-state index in [0.29, 0.717) is 19.1 Å². The number of aliphatic hydroxyl groups is 1. The van der Waals surface area contributed by atoms with Crippen LogP contribution in [0.3, 0.4) is 0 Å². The third kappa shape index (κ3) is 5.67. The summed E-state index contributed by atoms with van der Waals surface area (Å²) in [6, 6.07) is -0.195. The topological polar surface area (TPSA) is 70.6 Å². The van der Waals surface area contributed by atoms with Gasteiger partial charge in [0, 0.05) is 19.7 Å². The Balaban J connectivity index is 1.50. The van der Waals surface area contributed by atoms with Gasteiger partial charge < -0.3 is 20.5 Å². The zero-order valence-corrected chi connectivity index (χ0v) is 12.5. The highest BCUT2D eigenvalue weighted by molar-refractivity contribution is 5.73. The quantitative estimate of drug-likeness (QED) is 0.635. The highest BCUT2D eigenvalue weighted by Crippen LogP contribution is 2.36. The van der Waals surface area contributed by atoms with Crippen LogP contribution in [-0.4, -0.2) is 43.5 Å². The Bertz CT molecular complexity index is 312. The molecule has 1 unspecified atom stereocenters. The fourth-order valence-electron chi connectivity index (χ4n) is 2.69. The van der Waals surface area contributed by atoms with E-state index in [1.54, 1.807) is 0 Å². The van der Waals surface area contributed by atoms with Crippen molar-refractivity contribution >= 4 is 6.03 Å². The number of ether oxygens (including phenoxy) is 1. The number of aliphatic hydroxyl groups excluding tert-OH is 1. The van der Waals surface area contributed by atoms with E-state index in [1.807, 2.05) is 0 Å². The van der Waals surface area contributed by atoms with E-state index in [9.17, 15) is 9.90 Å². The van der Waals surface area contributed by atoms with Gasteiger partial charge in [-0.05, 0) is 37.0 Å². The Hall–Kier alpha value is -0.810.